The lowest BCUT2D eigenvalue weighted by Gasteiger charge is -2.25. The fourth-order valence-electron chi connectivity index (χ4n) is 3.03. The Morgan fingerprint density at radius 2 is 1.86 bits per heavy atom. The molecule has 0 saturated carbocycles. The molecule has 1 saturated heterocycles. The number of carbonyl (C=O) groups is 4. The molecular formula is C20H18FN3O5. The van der Waals surface area contributed by atoms with Gasteiger partial charge in [0.15, 0.2) is 6.61 Å². The highest BCUT2D eigenvalue weighted by Crippen LogP contribution is 2.31. The number of halogens is 1. The van der Waals surface area contributed by atoms with Gasteiger partial charge in [-0.15, -0.1) is 0 Å². The summed E-state index contributed by atoms with van der Waals surface area (Å²) in [6, 6.07) is 12.6. The van der Waals surface area contributed by atoms with Gasteiger partial charge in [0.1, 0.15) is 11.4 Å². The summed E-state index contributed by atoms with van der Waals surface area (Å²) in [6.07, 6.45) is 0.266. The van der Waals surface area contributed by atoms with E-state index >= 15 is 0 Å². The van der Waals surface area contributed by atoms with Crippen molar-refractivity contribution < 1.29 is 28.3 Å². The van der Waals surface area contributed by atoms with Crippen molar-refractivity contribution in [1.29, 1.82) is 0 Å². The Morgan fingerprint density at radius 1 is 1.14 bits per heavy atom. The van der Waals surface area contributed by atoms with E-state index in [-0.39, 0.29) is 12.0 Å². The van der Waals surface area contributed by atoms with Gasteiger partial charge in [-0.3, -0.25) is 15.0 Å². The van der Waals surface area contributed by atoms with Gasteiger partial charge in [0.05, 0.1) is 5.56 Å². The molecule has 1 aliphatic heterocycles. The molecule has 9 heteroatoms. The van der Waals surface area contributed by atoms with Crippen LogP contribution < -0.4 is 10.7 Å². The van der Waals surface area contributed by atoms with Crippen LogP contribution in [0.2, 0.25) is 0 Å². The molecule has 2 aromatic carbocycles. The SMILES string of the molecule is CC[C@]1(c2ccccc2)NC(=O)N(NC(=O)COC(=O)c2cccc(F)c2)C1=O. The Hall–Kier alpha value is -3.75. The normalized spacial score (nSPS) is 18.3. The van der Waals surface area contributed by atoms with Crippen LogP contribution in [0.4, 0.5) is 9.18 Å². The number of nitrogens with one attached hydrogen (secondary N) is 2. The van der Waals surface area contributed by atoms with Crippen LogP contribution in [0.15, 0.2) is 54.6 Å². The monoisotopic (exact) mass is 399 g/mol. The van der Waals surface area contributed by atoms with Crippen molar-refractivity contribution in [2.45, 2.75) is 18.9 Å². The number of hydrogen-bond acceptors (Lipinski definition) is 5. The molecular weight excluding hydrogens is 381 g/mol. The average molecular weight is 399 g/mol. The molecule has 0 aromatic heterocycles. The average Bonchev–Trinajstić information content (AvgIpc) is 2.97. The maximum Gasteiger partial charge on any atom is 0.344 e. The zero-order valence-corrected chi connectivity index (χ0v) is 15.5. The molecule has 2 N–H and O–H groups in total. The van der Waals surface area contributed by atoms with Gasteiger partial charge in [0.2, 0.25) is 0 Å². The second-order valence-corrected chi connectivity index (χ2v) is 6.32. The lowest BCUT2D eigenvalue weighted by Crippen LogP contribution is -2.49. The lowest BCUT2D eigenvalue weighted by atomic mass is 9.87. The molecule has 0 radical (unpaired) electrons. The first kappa shape index (κ1) is 20.0. The predicted molar refractivity (Wildman–Crippen MR) is 98.6 cm³/mol. The molecule has 0 bridgehead atoms. The van der Waals surface area contributed by atoms with Crippen LogP contribution in [0.3, 0.4) is 0 Å². The minimum atomic E-state index is -1.30. The molecule has 3 rings (SSSR count). The van der Waals surface area contributed by atoms with Gasteiger partial charge in [0, 0.05) is 0 Å². The summed E-state index contributed by atoms with van der Waals surface area (Å²) >= 11 is 0. The third kappa shape index (κ3) is 3.93. The third-order valence-corrected chi connectivity index (χ3v) is 4.52. The Kier molecular flexibility index (Phi) is 5.58. The van der Waals surface area contributed by atoms with Crippen molar-refractivity contribution in [3.8, 4) is 0 Å². The number of hydrazine groups is 1. The zero-order chi connectivity index (χ0) is 21.0. The van der Waals surface area contributed by atoms with Gasteiger partial charge in [-0.25, -0.2) is 14.0 Å². The molecule has 0 spiro atoms. The third-order valence-electron chi connectivity index (χ3n) is 4.52. The van der Waals surface area contributed by atoms with Gasteiger partial charge in [-0.05, 0) is 30.2 Å². The quantitative estimate of drug-likeness (QED) is 0.570. The van der Waals surface area contributed by atoms with Crippen LogP contribution in [0.1, 0.15) is 29.3 Å². The number of urea groups is 1. The van der Waals surface area contributed by atoms with E-state index < -0.39 is 41.8 Å². The highest BCUT2D eigenvalue weighted by Gasteiger charge is 2.52. The number of rotatable bonds is 6. The number of ether oxygens (including phenoxy) is 1. The minimum absolute atomic E-state index is 0.0677. The number of nitrogens with zero attached hydrogens (tertiary/aromatic N) is 1. The number of esters is 1. The van der Waals surface area contributed by atoms with E-state index in [9.17, 15) is 23.6 Å². The molecule has 0 unspecified atom stereocenters. The number of benzene rings is 2. The number of imide groups is 1. The van der Waals surface area contributed by atoms with Crippen molar-refractivity contribution in [3.63, 3.8) is 0 Å². The van der Waals surface area contributed by atoms with Crippen LogP contribution in [0.5, 0.6) is 0 Å². The van der Waals surface area contributed by atoms with Crippen molar-refractivity contribution in [3.05, 3.63) is 71.5 Å². The van der Waals surface area contributed by atoms with E-state index in [2.05, 4.69) is 10.7 Å². The van der Waals surface area contributed by atoms with Gasteiger partial charge in [-0.2, -0.15) is 5.01 Å². The smallest absolute Gasteiger partial charge is 0.344 e. The van der Waals surface area contributed by atoms with Gasteiger partial charge in [0.25, 0.3) is 11.8 Å². The largest absolute Gasteiger partial charge is 0.452 e. The molecule has 2 aromatic rings. The van der Waals surface area contributed by atoms with Crippen LogP contribution in [-0.2, 0) is 19.9 Å². The second-order valence-electron chi connectivity index (χ2n) is 6.32. The van der Waals surface area contributed by atoms with Crippen LogP contribution in [0.25, 0.3) is 0 Å². The van der Waals surface area contributed by atoms with E-state index in [1.807, 2.05) is 0 Å². The second kappa shape index (κ2) is 8.09. The van der Waals surface area contributed by atoms with E-state index in [4.69, 9.17) is 4.74 Å². The summed E-state index contributed by atoms with van der Waals surface area (Å²) in [5.74, 6) is -3.08. The van der Waals surface area contributed by atoms with E-state index in [0.717, 1.165) is 12.1 Å². The zero-order valence-electron chi connectivity index (χ0n) is 15.5. The summed E-state index contributed by atoms with van der Waals surface area (Å²) in [5, 5.41) is 3.17. The van der Waals surface area contributed by atoms with Crippen LogP contribution >= 0.6 is 0 Å². The van der Waals surface area contributed by atoms with Crippen molar-refractivity contribution in [2.24, 2.45) is 0 Å². The summed E-state index contributed by atoms with van der Waals surface area (Å²) in [4.78, 5) is 49.1. The molecule has 1 fully saturated rings. The Morgan fingerprint density at radius 3 is 2.52 bits per heavy atom. The summed E-state index contributed by atoms with van der Waals surface area (Å²) in [7, 11) is 0. The van der Waals surface area contributed by atoms with Crippen molar-refractivity contribution in [1.82, 2.24) is 15.8 Å². The van der Waals surface area contributed by atoms with Crippen LogP contribution in [-0.4, -0.2) is 35.4 Å². The van der Waals surface area contributed by atoms with Crippen molar-refractivity contribution >= 4 is 23.8 Å². The minimum Gasteiger partial charge on any atom is -0.452 e. The Bertz CT molecular complexity index is 966. The molecule has 1 heterocycles. The molecule has 0 aliphatic carbocycles. The maximum absolute atomic E-state index is 13.2. The fourth-order valence-corrected chi connectivity index (χ4v) is 3.03. The standard InChI is InChI=1S/C20H18FN3O5/c1-2-20(14-8-4-3-5-9-14)18(27)24(19(28)22-20)23-16(25)12-29-17(26)13-7-6-10-15(21)11-13/h3-11H,2,12H2,1H3,(H,22,28)(H,23,25)/t20-/m1/s1. The molecule has 29 heavy (non-hydrogen) atoms. The highest BCUT2D eigenvalue weighted by molar-refractivity contribution is 6.08. The summed E-state index contributed by atoms with van der Waals surface area (Å²) in [6.45, 7) is 0.980. The predicted octanol–water partition coefficient (Wildman–Crippen LogP) is 1.87. The van der Waals surface area contributed by atoms with E-state index in [0.29, 0.717) is 10.6 Å². The first-order valence-electron chi connectivity index (χ1n) is 8.82. The van der Waals surface area contributed by atoms with Gasteiger partial charge < -0.3 is 10.1 Å². The van der Waals surface area contributed by atoms with Gasteiger partial charge in [-0.1, -0.05) is 43.3 Å². The Balaban J connectivity index is 1.65. The topological polar surface area (TPSA) is 105 Å². The number of hydrogen-bond donors (Lipinski definition) is 2. The molecule has 150 valence electrons. The van der Waals surface area contributed by atoms with E-state index in [1.54, 1.807) is 37.3 Å². The molecule has 8 nitrogen and oxygen atoms in total. The summed E-state index contributed by atoms with van der Waals surface area (Å²) in [5.41, 5.74) is 1.35. The first-order valence-corrected chi connectivity index (χ1v) is 8.82. The Labute approximate surface area is 165 Å². The number of carbonyl (C=O) groups excluding carboxylic acids is 4. The maximum atomic E-state index is 13.2. The highest BCUT2D eigenvalue weighted by atomic mass is 19.1. The van der Waals surface area contributed by atoms with E-state index in [1.165, 1.54) is 12.1 Å². The molecule has 1 aliphatic rings. The van der Waals surface area contributed by atoms with Gasteiger partial charge >= 0.3 is 12.0 Å². The van der Waals surface area contributed by atoms with Crippen LogP contribution in [0, 0.1) is 5.82 Å². The lowest BCUT2D eigenvalue weighted by molar-refractivity contribution is -0.140. The molecule has 4 amide bonds. The fraction of sp³-hybridized carbons (Fsp3) is 0.200. The first-order chi connectivity index (χ1) is 13.9. The number of amides is 4. The molecule has 1 atom stereocenters. The van der Waals surface area contributed by atoms with Crippen molar-refractivity contribution in [2.75, 3.05) is 6.61 Å². The summed E-state index contributed by atoms with van der Waals surface area (Å²) < 4.78 is 18.0.